The van der Waals surface area contributed by atoms with Gasteiger partial charge in [-0.15, -0.1) is 0 Å². The van der Waals surface area contributed by atoms with Crippen molar-refractivity contribution in [3.63, 3.8) is 0 Å². The van der Waals surface area contributed by atoms with Crippen LogP contribution in [-0.2, 0) is 11.3 Å². The minimum atomic E-state index is -0.0328. The topological polar surface area (TPSA) is 45.2 Å². The Labute approximate surface area is 178 Å². The number of nitrogens with zero attached hydrogens (tertiary/aromatic N) is 2. The zero-order valence-electron chi connectivity index (χ0n) is 17.4. The van der Waals surface area contributed by atoms with Crippen molar-refractivity contribution in [2.75, 3.05) is 13.1 Å². The highest BCUT2D eigenvalue weighted by Crippen LogP contribution is 2.37. The number of hydrogen-bond acceptors (Lipinski definition) is 3. The van der Waals surface area contributed by atoms with Crippen LogP contribution in [0.1, 0.15) is 54.5 Å². The molecule has 0 saturated heterocycles. The van der Waals surface area contributed by atoms with Crippen LogP contribution in [0.3, 0.4) is 0 Å². The van der Waals surface area contributed by atoms with Crippen LogP contribution in [-0.4, -0.2) is 28.9 Å². The van der Waals surface area contributed by atoms with Crippen molar-refractivity contribution in [3.05, 3.63) is 94.4 Å². The third-order valence-corrected chi connectivity index (χ3v) is 6.42. The predicted molar refractivity (Wildman–Crippen MR) is 120 cm³/mol. The van der Waals surface area contributed by atoms with Crippen LogP contribution >= 0.6 is 0 Å². The highest BCUT2D eigenvalue weighted by molar-refractivity contribution is 5.86. The largest absolute Gasteiger partial charge is 0.326 e. The van der Waals surface area contributed by atoms with Gasteiger partial charge < -0.3 is 5.32 Å². The van der Waals surface area contributed by atoms with Crippen LogP contribution in [0.2, 0.25) is 0 Å². The first-order chi connectivity index (χ1) is 14.7. The number of carbonyl (C=O) groups is 1. The summed E-state index contributed by atoms with van der Waals surface area (Å²) in [6.07, 6.45) is 11.9. The second-order valence-electron chi connectivity index (χ2n) is 8.42. The summed E-state index contributed by atoms with van der Waals surface area (Å²) < 4.78 is 0. The van der Waals surface area contributed by atoms with Crippen LogP contribution in [0.25, 0.3) is 5.70 Å². The van der Waals surface area contributed by atoms with Gasteiger partial charge >= 0.3 is 0 Å². The lowest BCUT2D eigenvalue weighted by Crippen LogP contribution is -2.25. The van der Waals surface area contributed by atoms with Crippen molar-refractivity contribution >= 4 is 11.6 Å². The fourth-order valence-electron chi connectivity index (χ4n) is 4.74. The number of fused-ring (bicyclic) bond motifs is 1. The lowest BCUT2D eigenvalue weighted by atomic mass is 9.81. The monoisotopic (exact) mass is 397 g/mol. The van der Waals surface area contributed by atoms with Crippen LogP contribution in [0.4, 0.5) is 0 Å². The Kier molecular flexibility index (Phi) is 5.09. The maximum atomic E-state index is 11.6. The van der Waals surface area contributed by atoms with Gasteiger partial charge in [-0.2, -0.15) is 0 Å². The molecule has 1 amide bonds. The van der Waals surface area contributed by atoms with E-state index in [1.807, 2.05) is 12.3 Å². The molecule has 0 spiro atoms. The van der Waals surface area contributed by atoms with Gasteiger partial charge in [0, 0.05) is 49.9 Å². The van der Waals surface area contributed by atoms with Crippen molar-refractivity contribution in [3.8, 4) is 0 Å². The highest BCUT2D eigenvalue weighted by atomic mass is 16.1. The normalized spacial score (nSPS) is 20.6. The first-order valence-corrected chi connectivity index (χ1v) is 10.8. The molecule has 1 unspecified atom stereocenters. The van der Waals surface area contributed by atoms with Crippen molar-refractivity contribution in [2.24, 2.45) is 0 Å². The van der Waals surface area contributed by atoms with Crippen molar-refractivity contribution in [1.29, 1.82) is 0 Å². The third kappa shape index (κ3) is 3.75. The van der Waals surface area contributed by atoms with Gasteiger partial charge in [0.1, 0.15) is 0 Å². The number of hydrogen-bond donors (Lipinski definition) is 1. The SMILES string of the molecule is CC(=O)NC1=CCC(c2ccc(CN3CCC4=C(C=C4)CC3)nc2)c2ccccc21. The molecule has 4 heteroatoms. The molecule has 0 bridgehead atoms. The van der Waals surface area contributed by atoms with E-state index in [4.69, 9.17) is 4.98 Å². The number of rotatable bonds is 4. The Balaban J connectivity index is 1.30. The summed E-state index contributed by atoms with van der Waals surface area (Å²) >= 11 is 0. The predicted octanol–water partition coefficient (Wildman–Crippen LogP) is 4.56. The average Bonchev–Trinajstić information content (AvgIpc) is 2.86. The maximum Gasteiger partial charge on any atom is 0.221 e. The smallest absolute Gasteiger partial charge is 0.221 e. The zero-order chi connectivity index (χ0) is 20.5. The summed E-state index contributed by atoms with van der Waals surface area (Å²) in [4.78, 5) is 18.9. The molecule has 2 heterocycles. The summed E-state index contributed by atoms with van der Waals surface area (Å²) in [6, 6.07) is 12.8. The molecule has 1 atom stereocenters. The number of amides is 1. The van der Waals surface area contributed by atoms with Gasteiger partial charge in [0.15, 0.2) is 0 Å². The Morgan fingerprint density at radius 1 is 1.10 bits per heavy atom. The van der Waals surface area contributed by atoms with Crippen molar-refractivity contribution in [2.45, 2.75) is 38.6 Å². The Morgan fingerprint density at radius 2 is 1.87 bits per heavy atom. The molecule has 0 radical (unpaired) electrons. The van der Waals surface area contributed by atoms with Gasteiger partial charge in [-0.3, -0.25) is 14.7 Å². The van der Waals surface area contributed by atoms with Crippen molar-refractivity contribution < 1.29 is 4.79 Å². The number of allylic oxidation sites excluding steroid dienone is 3. The lowest BCUT2D eigenvalue weighted by Gasteiger charge is -2.26. The minimum absolute atomic E-state index is 0.0328. The van der Waals surface area contributed by atoms with E-state index in [1.165, 1.54) is 11.1 Å². The Bertz CT molecular complexity index is 1040. The van der Waals surface area contributed by atoms with Crippen molar-refractivity contribution in [1.82, 2.24) is 15.2 Å². The molecule has 152 valence electrons. The van der Waals surface area contributed by atoms with E-state index in [-0.39, 0.29) is 11.8 Å². The summed E-state index contributed by atoms with van der Waals surface area (Å²) in [7, 11) is 0. The lowest BCUT2D eigenvalue weighted by molar-refractivity contribution is -0.117. The number of aromatic nitrogens is 1. The summed E-state index contributed by atoms with van der Waals surface area (Å²) in [6.45, 7) is 4.69. The molecular weight excluding hydrogens is 370 g/mol. The molecule has 1 aromatic heterocycles. The van der Waals surface area contributed by atoms with E-state index in [2.05, 4.69) is 58.8 Å². The van der Waals surface area contributed by atoms with E-state index in [1.54, 1.807) is 18.1 Å². The van der Waals surface area contributed by atoms with E-state index >= 15 is 0 Å². The highest BCUT2D eigenvalue weighted by Gasteiger charge is 2.24. The van der Waals surface area contributed by atoms with Gasteiger partial charge in [0.05, 0.1) is 5.69 Å². The minimum Gasteiger partial charge on any atom is -0.326 e. The van der Waals surface area contributed by atoms with Gasteiger partial charge in [0.25, 0.3) is 0 Å². The summed E-state index contributed by atoms with van der Waals surface area (Å²) in [5.74, 6) is 0.238. The van der Waals surface area contributed by atoms with Crippen LogP contribution in [0.5, 0.6) is 0 Å². The van der Waals surface area contributed by atoms with E-state index in [9.17, 15) is 4.79 Å². The molecule has 2 aromatic rings. The van der Waals surface area contributed by atoms with Gasteiger partial charge in [-0.05, 0) is 47.6 Å². The fraction of sp³-hybridized carbons (Fsp3) is 0.308. The standard InChI is InChI=1S/C26H27N3O/c1-18(30)28-26-11-10-23(24-4-2-3-5-25(24)26)21-8-9-22(27-16-21)17-29-14-12-19-6-7-20(19)13-15-29/h2-9,11,16,23H,10,12-15,17H2,1H3,(H,28,30). The molecule has 2 aliphatic carbocycles. The second-order valence-corrected chi connectivity index (χ2v) is 8.42. The quantitative estimate of drug-likeness (QED) is 0.823. The van der Waals surface area contributed by atoms with E-state index in [0.29, 0.717) is 0 Å². The average molecular weight is 398 g/mol. The third-order valence-electron chi connectivity index (χ3n) is 6.42. The Morgan fingerprint density at radius 3 is 2.53 bits per heavy atom. The molecule has 4 nitrogen and oxygen atoms in total. The van der Waals surface area contributed by atoms with Crippen LogP contribution < -0.4 is 5.32 Å². The first-order valence-electron chi connectivity index (χ1n) is 10.8. The number of pyridine rings is 1. The van der Waals surface area contributed by atoms with Gasteiger partial charge in [-0.1, -0.05) is 48.6 Å². The molecule has 5 rings (SSSR count). The molecule has 1 N–H and O–H groups in total. The van der Waals surface area contributed by atoms with Crippen LogP contribution in [0.15, 0.2) is 72.0 Å². The van der Waals surface area contributed by atoms with Crippen LogP contribution in [0, 0.1) is 0 Å². The van der Waals surface area contributed by atoms with Gasteiger partial charge in [0.2, 0.25) is 5.91 Å². The number of benzene rings is 1. The molecule has 0 fully saturated rings. The van der Waals surface area contributed by atoms with E-state index < -0.39 is 0 Å². The molecule has 30 heavy (non-hydrogen) atoms. The number of carbonyl (C=O) groups excluding carboxylic acids is 1. The van der Waals surface area contributed by atoms with E-state index in [0.717, 1.165) is 55.9 Å². The molecule has 1 aromatic carbocycles. The molecule has 3 aliphatic rings. The molecule has 1 aliphatic heterocycles. The molecular formula is C26H27N3O. The Hall–Kier alpha value is -2.98. The summed E-state index contributed by atoms with van der Waals surface area (Å²) in [5, 5.41) is 2.97. The zero-order valence-corrected chi connectivity index (χ0v) is 17.4. The second kappa shape index (κ2) is 8.04. The number of nitrogens with one attached hydrogen (secondary N) is 1. The fourth-order valence-corrected chi connectivity index (χ4v) is 4.74. The first kappa shape index (κ1) is 19.0. The maximum absolute atomic E-state index is 11.6. The molecule has 0 saturated carbocycles. The summed E-state index contributed by atoms with van der Waals surface area (Å²) in [5.41, 5.74) is 8.73. The van der Waals surface area contributed by atoms with Gasteiger partial charge in [-0.25, -0.2) is 0 Å².